The number of hydrazone groups is 1. The Hall–Kier alpha value is -2.56. The first-order valence-corrected chi connectivity index (χ1v) is 12.4. The van der Waals surface area contributed by atoms with Crippen molar-refractivity contribution in [2.24, 2.45) is 5.10 Å². The molecule has 2 amide bonds. The number of piperidine rings is 1. The lowest BCUT2D eigenvalue weighted by Gasteiger charge is -2.43. The predicted octanol–water partition coefficient (Wildman–Crippen LogP) is 3.19. The summed E-state index contributed by atoms with van der Waals surface area (Å²) in [6, 6.07) is 7.46. The number of hydrogen-bond acceptors (Lipinski definition) is 7. The Labute approximate surface area is 201 Å². The van der Waals surface area contributed by atoms with Crippen molar-refractivity contribution in [2.45, 2.75) is 43.2 Å². The second kappa shape index (κ2) is 9.74. The molecule has 0 unspecified atom stereocenters. The third kappa shape index (κ3) is 5.18. The van der Waals surface area contributed by atoms with Crippen LogP contribution in [0.15, 0.2) is 34.3 Å². The molecule has 0 bridgehead atoms. The van der Waals surface area contributed by atoms with Gasteiger partial charge in [-0.1, -0.05) is 17.7 Å². The molecule has 11 heteroatoms. The minimum Gasteiger partial charge on any atom is -0.435 e. The number of thioether (sulfide) groups is 1. The van der Waals surface area contributed by atoms with Gasteiger partial charge in [0, 0.05) is 54.7 Å². The lowest BCUT2D eigenvalue weighted by atomic mass is 9.82. The van der Waals surface area contributed by atoms with E-state index in [1.165, 1.54) is 0 Å². The van der Waals surface area contributed by atoms with Crippen LogP contribution >= 0.6 is 23.4 Å². The predicted molar refractivity (Wildman–Crippen MR) is 128 cm³/mol. The topological polar surface area (TPSA) is 112 Å². The number of carbonyl (C=O) groups is 2. The fourth-order valence-electron chi connectivity index (χ4n) is 4.27. The second-order valence-electron chi connectivity index (χ2n) is 8.41. The normalized spacial score (nSPS) is 18.9. The van der Waals surface area contributed by atoms with E-state index < -0.39 is 11.7 Å². The maximum Gasteiger partial charge on any atom is 0.428 e. The molecule has 1 aromatic heterocycles. The van der Waals surface area contributed by atoms with Crippen molar-refractivity contribution in [2.75, 3.05) is 25.9 Å². The van der Waals surface area contributed by atoms with Crippen molar-refractivity contribution >= 4 is 41.1 Å². The Morgan fingerprint density at radius 3 is 2.76 bits per heavy atom. The van der Waals surface area contributed by atoms with Crippen LogP contribution < -0.4 is 10.7 Å². The first-order chi connectivity index (χ1) is 15.8. The van der Waals surface area contributed by atoms with E-state index >= 15 is 0 Å². The standard InChI is InChI=1S/C22H27ClN6O3S/c1-13-10-18(26-25-13)20(30)24-14(2)12-29-8-6-22(7-9-29)19(27-28-21(31)32-22)16-5-4-15(33-3)11-17(16)23/h4-5,10-11,14H,6-9,12H2,1-3H3,(H,24,30)(H,25,26)(H,28,31)/t14-/m0/s1. The highest BCUT2D eigenvalue weighted by atomic mass is 35.5. The van der Waals surface area contributed by atoms with Crippen LogP contribution in [0.1, 0.15) is 41.5 Å². The van der Waals surface area contributed by atoms with E-state index in [2.05, 4.69) is 30.9 Å². The summed E-state index contributed by atoms with van der Waals surface area (Å²) in [5.74, 6) is -0.203. The Balaban J connectivity index is 1.42. The molecule has 1 aromatic carbocycles. The zero-order chi connectivity index (χ0) is 23.6. The number of ether oxygens (including phenoxy) is 1. The van der Waals surface area contributed by atoms with E-state index in [9.17, 15) is 9.59 Å². The molecule has 1 fully saturated rings. The van der Waals surface area contributed by atoms with E-state index in [4.69, 9.17) is 16.3 Å². The third-order valence-electron chi connectivity index (χ3n) is 5.92. The van der Waals surface area contributed by atoms with Gasteiger partial charge in [-0.2, -0.15) is 10.2 Å². The molecule has 1 spiro atoms. The molecular weight excluding hydrogens is 464 g/mol. The maximum atomic E-state index is 12.4. The zero-order valence-electron chi connectivity index (χ0n) is 18.8. The number of aromatic amines is 1. The molecule has 3 N–H and O–H groups in total. The molecule has 33 heavy (non-hydrogen) atoms. The first kappa shape index (κ1) is 23.6. The number of carbonyl (C=O) groups excluding carboxylic acids is 2. The molecule has 2 aliphatic rings. The fourth-order valence-corrected chi connectivity index (χ4v) is 5.05. The quantitative estimate of drug-likeness (QED) is 0.536. The average Bonchev–Trinajstić information content (AvgIpc) is 3.22. The number of rotatable bonds is 6. The Morgan fingerprint density at radius 2 is 2.12 bits per heavy atom. The highest BCUT2D eigenvalue weighted by Crippen LogP contribution is 2.36. The average molecular weight is 491 g/mol. The number of nitrogens with zero attached hydrogens (tertiary/aromatic N) is 3. The van der Waals surface area contributed by atoms with E-state index in [0.29, 0.717) is 48.9 Å². The van der Waals surface area contributed by atoms with Crippen molar-refractivity contribution in [3.05, 3.63) is 46.2 Å². The Bertz CT molecular complexity index is 1080. The lowest BCUT2D eigenvalue weighted by molar-refractivity contribution is 0.00488. The van der Waals surface area contributed by atoms with Crippen LogP contribution in [-0.2, 0) is 4.74 Å². The molecule has 1 atom stereocenters. The third-order valence-corrected chi connectivity index (χ3v) is 6.96. The Kier molecular flexibility index (Phi) is 6.96. The summed E-state index contributed by atoms with van der Waals surface area (Å²) in [7, 11) is 0. The molecular formula is C22H27ClN6O3S. The summed E-state index contributed by atoms with van der Waals surface area (Å²) in [6.45, 7) is 5.87. The van der Waals surface area contributed by atoms with Crippen LogP contribution in [0.5, 0.6) is 0 Å². The molecule has 0 saturated carbocycles. The van der Waals surface area contributed by atoms with E-state index in [-0.39, 0.29) is 11.9 Å². The number of H-pyrrole nitrogens is 1. The van der Waals surface area contributed by atoms with Gasteiger partial charge >= 0.3 is 6.09 Å². The van der Waals surface area contributed by atoms with Gasteiger partial charge < -0.3 is 15.0 Å². The minimum absolute atomic E-state index is 0.0687. The van der Waals surface area contributed by atoms with Crippen LogP contribution in [0, 0.1) is 6.92 Å². The summed E-state index contributed by atoms with van der Waals surface area (Å²) in [5, 5.41) is 14.7. The molecule has 0 radical (unpaired) electrons. The SMILES string of the molecule is CSc1ccc(C2=NNC(=O)OC23CCN(C[C@H](C)NC(=O)c2cc(C)[nH]n2)CC3)c(Cl)c1. The van der Waals surface area contributed by atoms with Gasteiger partial charge in [0.2, 0.25) is 0 Å². The number of aryl methyl sites for hydroxylation is 1. The van der Waals surface area contributed by atoms with Gasteiger partial charge in [0.25, 0.3) is 5.91 Å². The lowest BCUT2D eigenvalue weighted by Crippen LogP contribution is -2.57. The van der Waals surface area contributed by atoms with Crippen LogP contribution in [0.3, 0.4) is 0 Å². The van der Waals surface area contributed by atoms with Gasteiger partial charge in [0.05, 0.1) is 5.02 Å². The largest absolute Gasteiger partial charge is 0.435 e. The zero-order valence-corrected chi connectivity index (χ0v) is 20.3. The maximum absolute atomic E-state index is 12.4. The van der Waals surface area contributed by atoms with Crippen molar-refractivity contribution in [1.82, 2.24) is 25.8 Å². The second-order valence-corrected chi connectivity index (χ2v) is 9.70. The van der Waals surface area contributed by atoms with Gasteiger partial charge in [-0.3, -0.25) is 9.89 Å². The number of likely N-dealkylation sites (tertiary alicyclic amines) is 1. The molecule has 9 nitrogen and oxygen atoms in total. The van der Waals surface area contributed by atoms with Crippen molar-refractivity contribution in [1.29, 1.82) is 0 Å². The monoisotopic (exact) mass is 490 g/mol. The number of benzene rings is 1. The van der Waals surface area contributed by atoms with Crippen molar-refractivity contribution in [3.8, 4) is 0 Å². The van der Waals surface area contributed by atoms with Gasteiger partial charge in [0.15, 0.2) is 5.60 Å². The molecule has 4 rings (SSSR count). The van der Waals surface area contributed by atoms with Gasteiger partial charge in [-0.15, -0.1) is 11.8 Å². The van der Waals surface area contributed by atoms with Crippen LogP contribution in [0.4, 0.5) is 4.79 Å². The summed E-state index contributed by atoms with van der Waals surface area (Å²) in [4.78, 5) is 27.7. The summed E-state index contributed by atoms with van der Waals surface area (Å²) >= 11 is 8.17. The smallest absolute Gasteiger partial charge is 0.428 e. The van der Waals surface area contributed by atoms with Crippen molar-refractivity contribution in [3.63, 3.8) is 0 Å². The first-order valence-electron chi connectivity index (χ1n) is 10.8. The highest BCUT2D eigenvalue weighted by Gasteiger charge is 2.46. The number of nitrogens with one attached hydrogen (secondary N) is 3. The molecule has 176 valence electrons. The Morgan fingerprint density at radius 1 is 1.36 bits per heavy atom. The molecule has 3 heterocycles. The number of aromatic nitrogens is 2. The molecule has 0 aliphatic carbocycles. The summed E-state index contributed by atoms with van der Waals surface area (Å²) in [5.41, 5.74) is 4.23. The van der Waals surface area contributed by atoms with Crippen molar-refractivity contribution < 1.29 is 14.3 Å². The van der Waals surface area contributed by atoms with Crippen LogP contribution in [-0.4, -0.2) is 70.3 Å². The summed E-state index contributed by atoms with van der Waals surface area (Å²) < 4.78 is 5.82. The van der Waals surface area contributed by atoms with Crippen LogP contribution in [0.2, 0.25) is 5.02 Å². The van der Waals surface area contributed by atoms with Gasteiger partial charge in [-0.25, -0.2) is 10.2 Å². The minimum atomic E-state index is -0.831. The van der Waals surface area contributed by atoms with Crippen LogP contribution in [0.25, 0.3) is 0 Å². The summed E-state index contributed by atoms with van der Waals surface area (Å²) in [6.07, 6.45) is 2.60. The van der Waals surface area contributed by atoms with E-state index in [0.717, 1.165) is 16.2 Å². The number of hydrogen-bond donors (Lipinski definition) is 3. The van der Waals surface area contributed by atoms with Gasteiger partial charge in [-0.05, 0) is 38.3 Å². The molecule has 2 aromatic rings. The number of halogens is 1. The fraction of sp³-hybridized carbons (Fsp3) is 0.455. The van der Waals surface area contributed by atoms with Gasteiger partial charge in [0.1, 0.15) is 11.4 Å². The van der Waals surface area contributed by atoms with E-state index in [1.807, 2.05) is 38.3 Å². The molecule has 1 saturated heterocycles. The number of amides is 2. The highest BCUT2D eigenvalue weighted by molar-refractivity contribution is 7.98. The molecule has 2 aliphatic heterocycles. The van der Waals surface area contributed by atoms with E-state index in [1.54, 1.807) is 17.8 Å².